The molecule has 0 aliphatic carbocycles. The van der Waals surface area contributed by atoms with Crippen LogP contribution in [0.2, 0.25) is 0 Å². The third kappa shape index (κ3) is 16.4. The lowest BCUT2D eigenvalue weighted by Gasteiger charge is -2.12. The third-order valence-corrected chi connectivity index (χ3v) is 2.93. The maximum Gasteiger partial charge on any atom is -0.00219 e. The Hall–Kier alpha value is -0.0400. The van der Waals surface area contributed by atoms with E-state index in [2.05, 4.69) is 25.8 Å². The van der Waals surface area contributed by atoms with Gasteiger partial charge in [-0.25, -0.2) is 0 Å². The first kappa shape index (κ1) is 18.3. The van der Waals surface area contributed by atoms with Crippen molar-refractivity contribution < 1.29 is 0 Å². The summed E-state index contributed by atoms with van der Waals surface area (Å²) in [4.78, 5) is 2.40. The van der Waals surface area contributed by atoms with Crippen LogP contribution in [0.3, 0.4) is 0 Å². The van der Waals surface area contributed by atoms with Crippen LogP contribution >= 0.6 is 0 Å². The highest BCUT2D eigenvalue weighted by Gasteiger charge is 1.94. The summed E-state index contributed by atoms with van der Waals surface area (Å²) >= 11 is 0. The maximum absolute atomic E-state index is 2.40. The molecule has 16 heavy (non-hydrogen) atoms. The average Bonchev–Trinajstić information content (AvgIpc) is 2.34. The summed E-state index contributed by atoms with van der Waals surface area (Å²) in [5.74, 6) is 0. The van der Waals surface area contributed by atoms with E-state index in [4.69, 9.17) is 0 Å². The van der Waals surface area contributed by atoms with Gasteiger partial charge in [0.15, 0.2) is 0 Å². The Kier molecular flexibility index (Phi) is 19.9. The fourth-order valence-corrected chi connectivity index (χ4v) is 1.67. The van der Waals surface area contributed by atoms with Crippen molar-refractivity contribution in [2.45, 2.75) is 79.1 Å². The first-order valence-electron chi connectivity index (χ1n) is 7.49. The van der Waals surface area contributed by atoms with Crippen molar-refractivity contribution in [1.29, 1.82) is 0 Å². The average molecular weight is 229 g/mol. The van der Waals surface area contributed by atoms with Crippen LogP contribution in [-0.2, 0) is 0 Å². The summed E-state index contributed by atoms with van der Waals surface area (Å²) in [5.41, 5.74) is 0. The van der Waals surface area contributed by atoms with Crippen molar-refractivity contribution in [3.63, 3.8) is 0 Å². The molecular formula is C15H35N. The van der Waals surface area contributed by atoms with Crippen molar-refractivity contribution in [3.05, 3.63) is 0 Å². The zero-order valence-corrected chi connectivity index (χ0v) is 12.5. The molecule has 1 heteroatoms. The minimum Gasteiger partial charge on any atom is -0.307 e. The number of rotatable bonds is 10. The predicted octanol–water partition coefficient (Wildman–Crippen LogP) is 5.11. The largest absolute Gasteiger partial charge is 0.307 e. The first-order valence-corrected chi connectivity index (χ1v) is 7.49. The highest BCUT2D eigenvalue weighted by Crippen LogP contribution is 2.08. The molecule has 0 fully saturated rings. The van der Waals surface area contributed by atoms with Gasteiger partial charge in [0, 0.05) is 0 Å². The normalized spacial score (nSPS) is 10.1. The highest BCUT2D eigenvalue weighted by molar-refractivity contribution is 4.50. The van der Waals surface area contributed by atoms with Gasteiger partial charge in [-0.05, 0) is 26.6 Å². The van der Waals surface area contributed by atoms with Gasteiger partial charge in [0.1, 0.15) is 0 Å². The predicted molar refractivity (Wildman–Crippen MR) is 77.1 cm³/mol. The van der Waals surface area contributed by atoms with E-state index in [-0.39, 0.29) is 0 Å². The monoisotopic (exact) mass is 229 g/mol. The summed E-state index contributed by atoms with van der Waals surface area (Å²) in [5, 5.41) is 0. The number of unbranched alkanes of at least 4 members (excludes halogenated alkanes) is 7. The number of hydrogen-bond donors (Lipinski definition) is 0. The van der Waals surface area contributed by atoms with Gasteiger partial charge >= 0.3 is 0 Å². The minimum absolute atomic E-state index is 1.19. The zero-order chi connectivity index (χ0) is 12.6. The summed E-state index contributed by atoms with van der Waals surface area (Å²) in [7, 11) is 2.21. The minimum atomic E-state index is 1.19. The Morgan fingerprint density at radius 2 is 1.12 bits per heavy atom. The molecule has 0 aromatic heterocycles. The van der Waals surface area contributed by atoms with Gasteiger partial charge < -0.3 is 4.90 Å². The van der Waals surface area contributed by atoms with E-state index in [1.165, 1.54) is 64.5 Å². The molecule has 0 saturated carbocycles. The third-order valence-electron chi connectivity index (χ3n) is 2.93. The lowest BCUT2D eigenvalue weighted by atomic mass is 10.1. The molecule has 0 unspecified atom stereocenters. The fraction of sp³-hybridized carbons (Fsp3) is 1.00. The molecule has 0 radical (unpaired) electrons. The van der Waals surface area contributed by atoms with E-state index in [0.717, 1.165) is 0 Å². The van der Waals surface area contributed by atoms with Gasteiger partial charge in [-0.1, -0.05) is 72.6 Å². The topological polar surface area (TPSA) is 3.24 Å². The Labute approximate surface area is 105 Å². The number of nitrogens with zero attached hydrogens (tertiary/aromatic N) is 1. The molecule has 1 nitrogen and oxygen atoms in total. The van der Waals surface area contributed by atoms with Crippen molar-refractivity contribution in [3.8, 4) is 0 Å². The second-order valence-corrected chi connectivity index (χ2v) is 4.37. The summed E-state index contributed by atoms with van der Waals surface area (Å²) in [6.07, 6.45) is 11.4. The Morgan fingerprint density at radius 3 is 1.56 bits per heavy atom. The van der Waals surface area contributed by atoms with E-state index >= 15 is 0 Å². The quantitative estimate of drug-likeness (QED) is 0.471. The van der Waals surface area contributed by atoms with E-state index in [1.807, 2.05) is 13.8 Å². The zero-order valence-electron chi connectivity index (χ0n) is 12.5. The summed E-state index contributed by atoms with van der Waals surface area (Å²) in [6.45, 7) is 11.0. The summed E-state index contributed by atoms with van der Waals surface area (Å²) in [6, 6.07) is 0. The fourth-order valence-electron chi connectivity index (χ4n) is 1.67. The van der Waals surface area contributed by atoms with Crippen LogP contribution in [0, 0.1) is 0 Å². The van der Waals surface area contributed by atoms with Gasteiger partial charge in [0.2, 0.25) is 0 Å². The van der Waals surface area contributed by atoms with E-state index in [1.54, 1.807) is 0 Å². The molecule has 0 heterocycles. The first-order chi connectivity index (χ1) is 7.81. The van der Waals surface area contributed by atoms with E-state index in [9.17, 15) is 0 Å². The van der Waals surface area contributed by atoms with Crippen LogP contribution in [-0.4, -0.2) is 25.0 Å². The van der Waals surface area contributed by atoms with Gasteiger partial charge in [-0.15, -0.1) is 0 Å². The Bertz CT molecular complexity index is 102. The van der Waals surface area contributed by atoms with E-state index < -0.39 is 0 Å². The van der Waals surface area contributed by atoms with Gasteiger partial charge in [-0.3, -0.25) is 0 Å². The second-order valence-electron chi connectivity index (χ2n) is 4.37. The second kappa shape index (κ2) is 17.4. The van der Waals surface area contributed by atoms with Crippen LogP contribution in [0.4, 0.5) is 0 Å². The van der Waals surface area contributed by atoms with Crippen molar-refractivity contribution in [1.82, 2.24) is 4.90 Å². The van der Waals surface area contributed by atoms with Crippen LogP contribution in [0.5, 0.6) is 0 Å². The van der Waals surface area contributed by atoms with E-state index in [0.29, 0.717) is 0 Å². The molecule has 100 valence electrons. The molecule has 0 amide bonds. The molecule has 0 aliphatic rings. The van der Waals surface area contributed by atoms with Gasteiger partial charge in [0.05, 0.1) is 0 Å². The van der Waals surface area contributed by atoms with Crippen molar-refractivity contribution in [2.24, 2.45) is 0 Å². The van der Waals surface area contributed by atoms with Gasteiger partial charge in [-0.2, -0.15) is 0 Å². The lowest BCUT2D eigenvalue weighted by molar-refractivity contribution is 0.340. The molecule has 0 aromatic rings. The lowest BCUT2D eigenvalue weighted by Crippen LogP contribution is -2.18. The molecule has 0 rings (SSSR count). The molecular weight excluding hydrogens is 194 g/mol. The van der Waals surface area contributed by atoms with Crippen LogP contribution in [0.25, 0.3) is 0 Å². The standard InChI is InChI=1S/C13H29N.C2H6/c1-4-6-7-8-9-10-11-12-13-14(3)5-2;1-2/h4-13H2,1-3H3;1-2H3. The molecule has 0 N–H and O–H groups in total. The van der Waals surface area contributed by atoms with Crippen molar-refractivity contribution >= 4 is 0 Å². The molecule has 0 atom stereocenters. The molecule has 0 aliphatic heterocycles. The highest BCUT2D eigenvalue weighted by atomic mass is 15.1. The number of hydrogen-bond acceptors (Lipinski definition) is 1. The SMILES string of the molecule is CC.CCCCCCCCCCN(C)CC. The smallest absolute Gasteiger partial charge is 0.00219 e. The van der Waals surface area contributed by atoms with Crippen LogP contribution < -0.4 is 0 Å². The Balaban J connectivity index is 0. The molecule has 0 saturated heterocycles. The molecule has 0 spiro atoms. The van der Waals surface area contributed by atoms with Gasteiger partial charge in [0.25, 0.3) is 0 Å². The van der Waals surface area contributed by atoms with Crippen LogP contribution in [0.1, 0.15) is 79.1 Å². The molecule has 0 aromatic carbocycles. The summed E-state index contributed by atoms with van der Waals surface area (Å²) < 4.78 is 0. The van der Waals surface area contributed by atoms with Crippen LogP contribution in [0.15, 0.2) is 0 Å². The Morgan fingerprint density at radius 1 is 0.688 bits per heavy atom. The maximum atomic E-state index is 2.40. The molecule has 0 bridgehead atoms. The van der Waals surface area contributed by atoms with Crippen molar-refractivity contribution in [2.75, 3.05) is 20.1 Å².